The van der Waals surface area contributed by atoms with E-state index in [0.717, 1.165) is 44.1 Å². The number of carbonyl (C=O) groups is 2. The number of ether oxygens (including phenoxy) is 8. The van der Waals surface area contributed by atoms with Gasteiger partial charge in [-0.1, -0.05) is 13.8 Å². The van der Waals surface area contributed by atoms with E-state index in [0.29, 0.717) is 38.3 Å². The van der Waals surface area contributed by atoms with Crippen LogP contribution in [-0.2, 0) is 47.5 Å². The molecule has 8 rings (SSSR count). The normalized spacial score (nSPS) is 50.5. The third-order valence-electron chi connectivity index (χ3n) is 16.4. The van der Waals surface area contributed by atoms with E-state index in [1.165, 1.54) is 7.11 Å². The van der Waals surface area contributed by atoms with Crippen LogP contribution in [0.3, 0.4) is 0 Å². The average Bonchev–Trinajstić information content (AvgIpc) is 3.67. The van der Waals surface area contributed by atoms with Crippen molar-refractivity contribution in [3.63, 3.8) is 0 Å². The summed E-state index contributed by atoms with van der Waals surface area (Å²) >= 11 is 0. The predicted molar refractivity (Wildman–Crippen MR) is 209 cm³/mol. The number of esters is 2. The lowest BCUT2D eigenvalue weighted by Crippen LogP contribution is -2.67. The molecule has 3 saturated heterocycles. The summed E-state index contributed by atoms with van der Waals surface area (Å²) in [5.41, 5.74) is -0.884. The number of methoxy groups -OCH3 is 1. The van der Waals surface area contributed by atoms with E-state index >= 15 is 0 Å². The number of cyclic esters (lactones) is 1. The first kappa shape index (κ1) is 43.9. The fourth-order valence-corrected chi connectivity index (χ4v) is 13.3. The Labute approximate surface area is 348 Å². The van der Waals surface area contributed by atoms with Gasteiger partial charge in [-0.05, 0) is 107 Å². The second-order valence-corrected chi connectivity index (χ2v) is 19.7. The Kier molecular flexibility index (Phi) is 12.7. The van der Waals surface area contributed by atoms with Crippen molar-refractivity contribution in [2.45, 2.75) is 185 Å². The summed E-state index contributed by atoms with van der Waals surface area (Å²) in [7, 11) is 1.37. The Balaban J connectivity index is 0.818. The van der Waals surface area contributed by atoms with E-state index in [9.17, 15) is 30.0 Å². The van der Waals surface area contributed by atoms with Crippen LogP contribution in [0.4, 0.5) is 0 Å². The maximum Gasteiger partial charge on any atom is 0.331 e. The summed E-state index contributed by atoms with van der Waals surface area (Å²) in [5, 5.41) is 47.1. The van der Waals surface area contributed by atoms with Crippen molar-refractivity contribution in [1.82, 2.24) is 4.90 Å². The maximum absolute atomic E-state index is 12.6. The molecule has 0 bridgehead atoms. The highest BCUT2D eigenvalue weighted by atomic mass is 16.7. The second kappa shape index (κ2) is 17.1. The molecular weight excluding hydrogens is 766 g/mol. The Morgan fingerprint density at radius 1 is 0.831 bits per heavy atom. The topological polar surface area (TPSA) is 192 Å². The molecule has 0 aromatic heterocycles. The molecule has 0 radical (unpaired) electrons. The van der Waals surface area contributed by atoms with Crippen LogP contribution in [0.15, 0.2) is 11.6 Å². The lowest BCUT2D eigenvalue weighted by atomic mass is 9.42. The molecule has 4 aliphatic heterocycles. The Morgan fingerprint density at radius 2 is 1.51 bits per heavy atom. The number of aliphatic hydroxyl groups is 4. The molecule has 0 amide bonds. The molecule has 19 atom stereocenters. The van der Waals surface area contributed by atoms with Crippen molar-refractivity contribution < 1.29 is 67.9 Å². The van der Waals surface area contributed by atoms with Crippen LogP contribution in [0.5, 0.6) is 0 Å². The van der Waals surface area contributed by atoms with Gasteiger partial charge in [-0.15, -0.1) is 0 Å². The molecule has 4 saturated carbocycles. The maximum atomic E-state index is 12.6. The molecular formula is C44H69NO14. The molecule has 4 aliphatic carbocycles. The molecule has 5 unspecified atom stereocenters. The number of nitrogens with zero attached hydrogens (tertiary/aromatic N) is 1. The van der Waals surface area contributed by atoms with Gasteiger partial charge < -0.3 is 58.3 Å². The van der Waals surface area contributed by atoms with Crippen molar-refractivity contribution >= 4 is 11.9 Å². The molecule has 7 fully saturated rings. The van der Waals surface area contributed by atoms with Crippen molar-refractivity contribution in [1.29, 1.82) is 0 Å². The van der Waals surface area contributed by atoms with Gasteiger partial charge >= 0.3 is 11.9 Å². The number of rotatable bonds is 9. The Hall–Kier alpha value is -1.76. The minimum Gasteiger partial charge on any atom is -0.468 e. The first-order valence-electron chi connectivity index (χ1n) is 22.4. The highest BCUT2D eigenvalue weighted by molar-refractivity contribution is 5.85. The van der Waals surface area contributed by atoms with Gasteiger partial charge in [0, 0.05) is 43.8 Å². The fraction of sp³-hybridized carbons (Fsp3) is 0.909. The lowest BCUT2D eigenvalue weighted by molar-refractivity contribution is -0.329. The summed E-state index contributed by atoms with van der Waals surface area (Å²) in [6, 6.07) is 0. The second-order valence-electron chi connectivity index (χ2n) is 19.7. The van der Waals surface area contributed by atoms with E-state index < -0.39 is 72.6 Å². The van der Waals surface area contributed by atoms with Crippen LogP contribution in [0.1, 0.15) is 105 Å². The SMILES string of the molecule is COC(=O)CN1CCC(O[C@@H]2[C@H](C)O[C@@H](O[C@@H]3[C@H](C)O[C@@H](O[C@H]4CC[C@@]5(C)C(CCC6C5C[C@H](O)[C@]5(C)[C@@H](C7=CC(=O)OC7)CC[C@]65O)C4)C[C@@H]3O)C[C@@H]2O)OC(C)C1. The molecule has 0 spiro atoms. The van der Waals surface area contributed by atoms with Crippen molar-refractivity contribution in [3.05, 3.63) is 11.6 Å². The third-order valence-corrected chi connectivity index (χ3v) is 16.4. The summed E-state index contributed by atoms with van der Waals surface area (Å²) in [5.74, 6) is -0.0897. The summed E-state index contributed by atoms with van der Waals surface area (Å²) in [6.45, 7) is 11.6. The molecule has 15 heteroatoms. The molecule has 59 heavy (non-hydrogen) atoms. The van der Waals surface area contributed by atoms with Crippen LogP contribution >= 0.6 is 0 Å². The molecule has 15 nitrogen and oxygen atoms in total. The van der Waals surface area contributed by atoms with Gasteiger partial charge in [-0.25, -0.2) is 4.79 Å². The zero-order chi connectivity index (χ0) is 42.0. The molecule has 8 aliphatic rings. The van der Waals surface area contributed by atoms with E-state index in [2.05, 4.69) is 6.92 Å². The average molecular weight is 836 g/mol. The third kappa shape index (κ3) is 8.18. The van der Waals surface area contributed by atoms with Gasteiger partial charge in [0.2, 0.25) is 0 Å². The molecule has 0 aromatic carbocycles. The zero-order valence-electron chi connectivity index (χ0n) is 35.7. The number of hydrogen-bond acceptors (Lipinski definition) is 15. The minimum absolute atomic E-state index is 0.0398. The first-order valence-corrected chi connectivity index (χ1v) is 22.4. The van der Waals surface area contributed by atoms with Crippen LogP contribution in [0.25, 0.3) is 0 Å². The van der Waals surface area contributed by atoms with Crippen molar-refractivity contribution in [2.24, 2.45) is 34.5 Å². The zero-order valence-corrected chi connectivity index (χ0v) is 35.7. The van der Waals surface area contributed by atoms with E-state index in [1.807, 2.05) is 32.6 Å². The molecule has 334 valence electrons. The summed E-state index contributed by atoms with van der Waals surface area (Å²) < 4.78 is 47.8. The van der Waals surface area contributed by atoms with Gasteiger partial charge in [0.1, 0.15) is 18.8 Å². The van der Waals surface area contributed by atoms with Gasteiger partial charge in [-0.2, -0.15) is 0 Å². The quantitative estimate of drug-likeness (QED) is 0.196. The molecule has 0 aromatic rings. The number of aliphatic hydroxyl groups excluding tert-OH is 3. The van der Waals surface area contributed by atoms with Crippen LogP contribution < -0.4 is 0 Å². The number of hydrogen-bond donors (Lipinski definition) is 4. The first-order chi connectivity index (χ1) is 28.0. The molecule has 4 heterocycles. The Bertz CT molecular complexity index is 1540. The highest BCUT2D eigenvalue weighted by Gasteiger charge is 2.71. The van der Waals surface area contributed by atoms with Crippen LogP contribution in [0.2, 0.25) is 0 Å². The van der Waals surface area contributed by atoms with Crippen LogP contribution in [0, 0.1) is 34.5 Å². The van der Waals surface area contributed by atoms with Gasteiger partial charge in [0.25, 0.3) is 0 Å². The Morgan fingerprint density at radius 3 is 2.15 bits per heavy atom. The standard InChI is InChI=1S/C44H69NO14/c1-23-20-45(21-36(50)52-6)14-11-37(54-23)58-40-24(2)56-39(19-33(40)47)59-41-25(3)55-38(18-32(41)46)57-28-9-12-42(4)27(16-28)7-8-30-31(42)17-34(48)43(5)29(10-13-44(30,43)51)26-15-35(49)53-22-26/h15,23-25,27-34,37-41,46-48,51H,7-14,16-22H2,1-6H3/t23?,24-,25-,27?,28-,29+,30?,31?,32-,33-,34-,37?,38-,39-,40+,41+,42-,43-,44-/m0/s1. The smallest absolute Gasteiger partial charge is 0.331 e. The fourth-order valence-electron chi connectivity index (χ4n) is 13.3. The van der Waals surface area contributed by atoms with Gasteiger partial charge in [-0.3, -0.25) is 9.69 Å². The van der Waals surface area contributed by atoms with E-state index in [1.54, 1.807) is 6.08 Å². The highest BCUT2D eigenvalue weighted by Crippen LogP contribution is 2.70. The van der Waals surface area contributed by atoms with Gasteiger partial charge in [0.15, 0.2) is 18.9 Å². The summed E-state index contributed by atoms with van der Waals surface area (Å²) in [6.07, 6.45) is 1.95. The van der Waals surface area contributed by atoms with E-state index in [4.69, 9.17) is 37.9 Å². The minimum atomic E-state index is -1.01. The van der Waals surface area contributed by atoms with Crippen molar-refractivity contribution in [2.75, 3.05) is 33.4 Å². The van der Waals surface area contributed by atoms with Crippen LogP contribution in [-0.4, -0.2) is 150 Å². The number of fused-ring (bicyclic) bond motifs is 5. The molecule has 4 N–H and O–H groups in total. The predicted octanol–water partition coefficient (Wildman–Crippen LogP) is 2.97. The number of carbonyl (C=O) groups excluding carboxylic acids is 2. The van der Waals surface area contributed by atoms with Gasteiger partial charge in [0.05, 0.1) is 62.0 Å². The summed E-state index contributed by atoms with van der Waals surface area (Å²) in [4.78, 5) is 25.8. The monoisotopic (exact) mass is 835 g/mol. The largest absolute Gasteiger partial charge is 0.468 e. The van der Waals surface area contributed by atoms with E-state index in [-0.39, 0.29) is 73.3 Å². The lowest BCUT2D eigenvalue weighted by Gasteiger charge is -2.65. The van der Waals surface area contributed by atoms with Crippen molar-refractivity contribution in [3.8, 4) is 0 Å².